The summed E-state index contributed by atoms with van der Waals surface area (Å²) < 4.78 is 5.28. The Kier molecular flexibility index (Phi) is 2.89. The molecule has 2 amide bonds. The van der Waals surface area contributed by atoms with E-state index in [4.69, 9.17) is 15.9 Å². The number of amides is 2. The summed E-state index contributed by atoms with van der Waals surface area (Å²) in [6.07, 6.45) is 1.16. The number of rotatable bonds is 3. The van der Waals surface area contributed by atoms with Crippen molar-refractivity contribution >= 4 is 11.8 Å². The van der Waals surface area contributed by atoms with Gasteiger partial charge >= 0.3 is 0 Å². The molecule has 0 saturated heterocycles. The molecule has 0 fully saturated rings. The third-order valence-corrected chi connectivity index (χ3v) is 2.69. The smallest absolute Gasteiger partial charge is 0.253 e. The molecule has 0 saturated carbocycles. The summed E-state index contributed by atoms with van der Waals surface area (Å²) in [5.74, 6) is -1.21. The normalized spacial score (nSPS) is 10.3. The molecule has 92 valence electrons. The van der Waals surface area contributed by atoms with E-state index in [0.29, 0.717) is 5.56 Å². The number of hydrogen-bond acceptors (Lipinski definition) is 3. The fourth-order valence-corrected chi connectivity index (χ4v) is 1.81. The van der Waals surface area contributed by atoms with Crippen LogP contribution in [0.15, 0.2) is 34.9 Å². The first-order valence-electron chi connectivity index (χ1n) is 5.29. The van der Waals surface area contributed by atoms with Crippen LogP contribution >= 0.6 is 0 Å². The van der Waals surface area contributed by atoms with E-state index in [0.717, 1.165) is 11.8 Å². The van der Waals surface area contributed by atoms with Crippen LogP contribution in [0.5, 0.6) is 0 Å². The van der Waals surface area contributed by atoms with Gasteiger partial charge in [-0.1, -0.05) is 24.3 Å². The van der Waals surface area contributed by atoms with E-state index in [1.54, 1.807) is 12.1 Å². The van der Waals surface area contributed by atoms with E-state index < -0.39 is 11.8 Å². The monoisotopic (exact) mass is 244 g/mol. The number of hydrogen-bond donors (Lipinski definition) is 2. The zero-order valence-electron chi connectivity index (χ0n) is 9.77. The van der Waals surface area contributed by atoms with Crippen LogP contribution in [0.1, 0.15) is 26.3 Å². The van der Waals surface area contributed by atoms with Gasteiger partial charge in [0.1, 0.15) is 12.0 Å². The number of carbonyl (C=O) groups is 2. The first kappa shape index (κ1) is 11.9. The Morgan fingerprint density at radius 2 is 1.78 bits per heavy atom. The number of benzene rings is 1. The van der Waals surface area contributed by atoms with E-state index in [2.05, 4.69) is 0 Å². The van der Waals surface area contributed by atoms with Crippen molar-refractivity contribution in [1.82, 2.24) is 0 Å². The van der Waals surface area contributed by atoms with Gasteiger partial charge in [0.25, 0.3) is 11.8 Å². The maximum atomic E-state index is 11.4. The van der Waals surface area contributed by atoms with E-state index in [-0.39, 0.29) is 16.9 Å². The lowest BCUT2D eigenvalue weighted by Gasteiger charge is -2.04. The van der Waals surface area contributed by atoms with Gasteiger partial charge in [-0.25, -0.2) is 0 Å². The van der Waals surface area contributed by atoms with Crippen LogP contribution in [-0.4, -0.2) is 11.8 Å². The maximum absolute atomic E-state index is 11.4. The van der Waals surface area contributed by atoms with E-state index in [9.17, 15) is 9.59 Å². The van der Waals surface area contributed by atoms with Crippen LogP contribution in [0, 0.1) is 6.92 Å². The minimum atomic E-state index is -0.743. The molecule has 0 atom stereocenters. The van der Waals surface area contributed by atoms with Crippen LogP contribution in [0.4, 0.5) is 0 Å². The SMILES string of the molecule is Cc1ccccc1-c1occ(C(N)=O)c1C(N)=O. The predicted molar refractivity (Wildman–Crippen MR) is 65.9 cm³/mol. The first-order valence-corrected chi connectivity index (χ1v) is 5.29. The van der Waals surface area contributed by atoms with Crippen molar-refractivity contribution in [1.29, 1.82) is 0 Å². The number of carbonyl (C=O) groups excluding carboxylic acids is 2. The van der Waals surface area contributed by atoms with Gasteiger partial charge in [-0.3, -0.25) is 9.59 Å². The zero-order valence-corrected chi connectivity index (χ0v) is 9.77. The largest absolute Gasteiger partial charge is 0.463 e. The van der Waals surface area contributed by atoms with Crippen LogP contribution in [0.2, 0.25) is 0 Å². The molecule has 5 nitrogen and oxygen atoms in total. The molecule has 0 radical (unpaired) electrons. The molecular weight excluding hydrogens is 232 g/mol. The Morgan fingerprint density at radius 1 is 1.11 bits per heavy atom. The topological polar surface area (TPSA) is 99.3 Å². The first-order chi connectivity index (χ1) is 8.52. The van der Waals surface area contributed by atoms with Gasteiger partial charge in [0.05, 0.1) is 11.1 Å². The van der Waals surface area contributed by atoms with Crippen molar-refractivity contribution in [2.75, 3.05) is 0 Å². The summed E-state index contributed by atoms with van der Waals surface area (Å²) in [5, 5.41) is 0. The lowest BCUT2D eigenvalue weighted by molar-refractivity contribution is 0.0968. The fourth-order valence-electron chi connectivity index (χ4n) is 1.81. The highest BCUT2D eigenvalue weighted by molar-refractivity contribution is 6.09. The molecule has 1 aromatic heterocycles. The summed E-state index contributed by atoms with van der Waals surface area (Å²) in [6, 6.07) is 7.32. The van der Waals surface area contributed by atoms with Gasteiger partial charge in [0.15, 0.2) is 0 Å². The molecule has 0 unspecified atom stereocenters. The summed E-state index contributed by atoms with van der Waals surface area (Å²) in [5.41, 5.74) is 12.1. The molecule has 0 aliphatic heterocycles. The van der Waals surface area contributed by atoms with Crippen LogP contribution in [0.25, 0.3) is 11.3 Å². The third-order valence-electron chi connectivity index (χ3n) is 2.69. The maximum Gasteiger partial charge on any atom is 0.253 e. The molecule has 1 heterocycles. The van der Waals surface area contributed by atoms with Gasteiger partial charge in [-0.2, -0.15) is 0 Å². The molecule has 2 aromatic rings. The highest BCUT2D eigenvalue weighted by atomic mass is 16.3. The molecule has 0 spiro atoms. The molecule has 18 heavy (non-hydrogen) atoms. The Bertz CT molecular complexity index is 629. The van der Waals surface area contributed by atoms with Gasteiger partial charge in [0, 0.05) is 5.56 Å². The lowest BCUT2D eigenvalue weighted by atomic mass is 10.0. The Balaban J connectivity index is 2.70. The number of primary amides is 2. The predicted octanol–water partition coefficient (Wildman–Crippen LogP) is 1.45. The van der Waals surface area contributed by atoms with Gasteiger partial charge in [-0.15, -0.1) is 0 Å². The van der Waals surface area contributed by atoms with Crippen molar-refractivity contribution in [3.8, 4) is 11.3 Å². The number of nitrogens with two attached hydrogens (primary N) is 2. The van der Waals surface area contributed by atoms with Gasteiger partial charge in [-0.05, 0) is 12.5 Å². The Hall–Kier alpha value is -2.56. The van der Waals surface area contributed by atoms with E-state index in [1.807, 2.05) is 19.1 Å². The molecule has 0 bridgehead atoms. The average Bonchev–Trinajstić information content (AvgIpc) is 2.74. The number of furan rings is 1. The quantitative estimate of drug-likeness (QED) is 0.854. The second kappa shape index (κ2) is 4.37. The molecule has 0 aliphatic rings. The minimum Gasteiger partial charge on any atom is -0.463 e. The van der Waals surface area contributed by atoms with E-state index >= 15 is 0 Å². The van der Waals surface area contributed by atoms with Crippen molar-refractivity contribution in [3.05, 3.63) is 47.2 Å². The van der Waals surface area contributed by atoms with Crippen LogP contribution in [-0.2, 0) is 0 Å². The van der Waals surface area contributed by atoms with Crippen molar-refractivity contribution in [2.24, 2.45) is 11.5 Å². The second-order valence-electron chi connectivity index (χ2n) is 3.90. The number of aryl methyl sites for hydroxylation is 1. The van der Waals surface area contributed by atoms with Gasteiger partial charge in [0.2, 0.25) is 0 Å². The molecular formula is C13H12N2O3. The molecule has 5 heteroatoms. The third kappa shape index (κ3) is 1.86. The van der Waals surface area contributed by atoms with Crippen molar-refractivity contribution in [2.45, 2.75) is 6.92 Å². The van der Waals surface area contributed by atoms with Crippen molar-refractivity contribution in [3.63, 3.8) is 0 Å². The fraction of sp³-hybridized carbons (Fsp3) is 0.0769. The average molecular weight is 244 g/mol. The highest BCUT2D eigenvalue weighted by Gasteiger charge is 2.23. The Labute approximate surface area is 103 Å². The van der Waals surface area contributed by atoms with Crippen LogP contribution < -0.4 is 11.5 Å². The zero-order chi connectivity index (χ0) is 13.3. The van der Waals surface area contributed by atoms with Crippen molar-refractivity contribution < 1.29 is 14.0 Å². The summed E-state index contributed by atoms with van der Waals surface area (Å²) in [6.45, 7) is 1.87. The van der Waals surface area contributed by atoms with Crippen LogP contribution in [0.3, 0.4) is 0 Å². The molecule has 0 aliphatic carbocycles. The summed E-state index contributed by atoms with van der Waals surface area (Å²) in [7, 11) is 0. The lowest BCUT2D eigenvalue weighted by Crippen LogP contribution is -2.19. The second-order valence-corrected chi connectivity index (χ2v) is 3.90. The van der Waals surface area contributed by atoms with Gasteiger partial charge < -0.3 is 15.9 Å². The minimum absolute atomic E-state index is 0.000697. The summed E-state index contributed by atoms with van der Waals surface area (Å²) in [4.78, 5) is 22.7. The summed E-state index contributed by atoms with van der Waals surface area (Å²) >= 11 is 0. The standard InChI is InChI=1S/C13H12N2O3/c1-7-4-2-3-5-8(7)11-10(13(15)17)9(6-18-11)12(14)16/h2-6H,1H3,(H2,14,16)(H2,15,17). The Morgan fingerprint density at radius 3 is 2.33 bits per heavy atom. The van der Waals surface area contributed by atoms with E-state index in [1.165, 1.54) is 0 Å². The highest BCUT2D eigenvalue weighted by Crippen LogP contribution is 2.30. The molecule has 1 aromatic carbocycles. The molecule has 4 N–H and O–H groups in total. The molecule has 2 rings (SSSR count).